The Morgan fingerprint density at radius 3 is 2.38 bits per heavy atom. The number of hydrogen-bond donors (Lipinski definition) is 0. The van der Waals surface area contributed by atoms with Crippen LogP contribution in [0.4, 0.5) is 5.69 Å². The molecule has 2 aromatic carbocycles. The molecule has 0 saturated carbocycles. The molecule has 2 rings (SSSR count). The van der Waals surface area contributed by atoms with Crippen molar-refractivity contribution in [2.45, 2.75) is 13.8 Å². The number of halogens is 1. The zero-order chi connectivity index (χ0) is 11.5. The van der Waals surface area contributed by atoms with Crippen molar-refractivity contribution in [1.29, 1.82) is 0 Å². The number of hydrogen-bond acceptors (Lipinski definition) is 1. The Kier molecular flexibility index (Phi) is 3.49. The monoisotopic (exact) mass is 277 g/mol. The van der Waals surface area contributed by atoms with E-state index in [-0.39, 0.29) is 0 Å². The van der Waals surface area contributed by atoms with Gasteiger partial charge in [-0.25, -0.2) is 0 Å². The Bertz CT molecular complexity index is 489. The minimum Gasteiger partial charge on any atom is -0.371 e. The topological polar surface area (TPSA) is 3.24 Å². The summed E-state index contributed by atoms with van der Waals surface area (Å²) in [7, 11) is 0. The first-order valence-corrected chi connectivity index (χ1v) is 6.49. The largest absolute Gasteiger partial charge is 0.371 e. The van der Waals surface area contributed by atoms with Crippen LogP contribution in [0.2, 0.25) is 0 Å². The van der Waals surface area contributed by atoms with Crippen LogP contribution in [0.15, 0.2) is 40.9 Å². The third-order valence-corrected chi connectivity index (χ3v) is 3.78. The molecule has 0 aliphatic carbocycles. The van der Waals surface area contributed by atoms with Crippen molar-refractivity contribution < 1.29 is 0 Å². The molecule has 0 amide bonds. The predicted octanol–water partition coefficient (Wildman–Crippen LogP) is 4.45. The average molecular weight is 278 g/mol. The van der Waals surface area contributed by atoms with Crippen molar-refractivity contribution in [3.05, 3.63) is 40.9 Å². The van der Waals surface area contributed by atoms with Crippen molar-refractivity contribution in [3.63, 3.8) is 0 Å². The summed E-state index contributed by atoms with van der Waals surface area (Å²) in [5, 5.41) is 2.57. The van der Waals surface area contributed by atoms with Crippen LogP contribution < -0.4 is 4.90 Å². The van der Waals surface area contributed by atoms with Crippen LogP contribution >= 0.6 is 15.9 Å². The van der Waals surface area contributed by atoms with E-state index in [0.29, 0.717) is 0 Å². The van der Waals surface area contributed by atoms with E-state index in [2.05, 4.69) is 71.1 Å². The molecule has 84 valence electrons. The van der Waals surface area contributed by atoms with Crippen molar-refractivity contribution >= 4 is 32.4 Å². The zero-order valence-corrected chi connectivity index (χ0v) is 11.3. The van der Waals surface area contributed by atoms with E-state index < -0.39 is 0 Å². The molecule has 16 heavy (non-hydrogen) atoms. The second-order valence-corrected chi connectivity index (χ2v) is 4.59. The van der Waals surface area contributed by atoms with Gasteiger partial charge < -0.3 is 4.90 Å². The summed E-state index contributed by atoms with van der Waals surface area (Å²) in [6, 6.07) is 12.8. The van der Waals surface area contributed by atoms with Gasteiger partial charge in [0.2, 0.25) is 0 Å². The van der Waals surface area contributed by atoms with Gasteiger partial charge >= 0.3 is 0 Å². The first kappa shape index (κ1) is 11.5. The van der Waals surface area contributed by atoms with Crippen LogP contribution in [-0.4, -0.2) is 13.1 Å². The van der Waals surface area contributed by atoms with E-state index >= 15 is 0 Å². The molecule has 1 nitrogen and oxygen atoms in total. The molecule has 0 bridgehead atoms. The standard InChI is InChI=1S/C14H16BrN/c1-3-16(4-2)13-10-9-11-7-5-6-8-12(11)14(13)15/h5-10H,3-4H2,1-2H3. The van der Waals surface area contributed by atoms with Gasteiger partial charge in [-0.15, -0.1) is 0 Å². The van der Waals surface area contributed by atoms with E-state index in [1.54, 1.807) is 0 Å². The smallest absolute Gasteiger partial charge is 0.0517 e. The van der Waals surface area contributed by atoms with Crippen molar-refractivity contribution in [2.75, 3.05) is 18.0 Å². The molecule has 0 radical (unpaired) electrons. The van der Waals surface area contributed by atoms with Gasteiger partial charge in [-0.2, -0.15) is 0 Å². The molecular weight excluding hydrogens is 262 g/mol. The maximum Gasteiger partial charge on any atom is 0.0517 e. The number of fused-ring (bicyclic) bond motifs is 1. The maximum atomic E-state index is 3.72. The van der Waals surface area contributed by atoms with E-state index in [0.717, 1.165) is 13.1 Å². The van der Waals surface area contributed by atoms with Crippen molar-refractivity contribution in [3.8, 4) is 0 Å². The number of nitrogens with zero attached hydrogens (tertiary/aromatic N) is 1. The third kappa shape index (κ3) is 1.94. The van der Waals surface area contributed by atoms with Crippen molar-refractivity contribution in [1.82, 2.24) is 0 Å². The lowest BCUT2D eigenvalue weighted by molar-refractivity contribution is 0.865. The molecule has 0 spiro atoms. The summed E-state index contributed by atoms with van der Waals surface area (Å²) in [6.45, 7) is 6.44. The fourth-order valence-electron chi connectivity index (χ4n) is 2.03. The molecule has 0 aromatic heterocycles. The highest BCUT2D eigenvalue weighted by Gasteiger charge is 2.08. The fourth-order valence-corrected chi connectivity index (χ4v) is 2.77. The minimum absolute atomic E-state index is 1.04. The summed E-state index contributed by atoms with van der Waals surface area (Å²) in [4.78, 5) is 2.36. The quantitative estimate of drug-likeness (QED) is 0.801. The van der Waals surface area contributed by atoms with Gasteiger partial charge in [0.25, 0.3) is 0 Å². The first-order chi connectivity index (χ1) is 7.77. The first-order valence-electron chi connectivity index (χ1n) is 5.70. The van der Waals surface area contributed by atoms with Gasteiger partial charge in [-0.3, -0.25) is 0 Å². The highest BCUT2D eigenvalue weighted by Crippen LogP contribution is 2.33. The van der Waals surface area contributed by atoms with Gasteiger partial charge in [-0.1, -0.05) is 30.3 Å². The zero-order valence-electron chi connectivity index (χ0n) is 9.70. The van der Waals surface area contributed by atoms with Crippen LogP contribution in [0.3, 0.4) is 0 Å². The molecule has 0 atom stereocenters. The van der Waals surface area contributed by atoms with Crippen LogP contribution in [0.25, 0.3) is 10.8 Å². The lowest BCUT2D eigenvalue weighted by Gasteiger charge is -2.23. The second kappa shape index (κ2) is 4.88. The Labute approximate surface area is 105 Å². The van der Waals surface area contributed by atoms with Gasteiger partial charge in [0.1, 0.15) is 0 Å². The summed E-state index contributed by atoms with van der Waals surface area (Å²) in [6.07, 6.45) is 0. The third-order valence-electron chi connectivity index (χ3n) is 2.95. The Balaban J connectivity index is 2.60. The summed E-state index contributed by atoms with van der Waals surface area (Å²) >= 11 is 3.72. The van der Waals surface area contributed by atoms with Gasteiger partial charge in [0.05, 0.1) is 5.69 Å². The molecule has 0 heterocycles. The van der Waals surface area contributed by atoms with Gasteiger partial charge in [-0.05, 0) is 46.6 Å². The van der Waals surface area contributed by atoms with Gasteiger partial charge in [0, 0.05) is 17.6 Å². The van der Waals surface area contributed by atoms with Crippen molar-refractivity contribution in [2.24, 2.45) is 0 Å². The molecule has 0 N–H and O–H groups in total. The van der Waals surface area contributed by atoms with E-state index in [1.807, 2.05) is 0 Å². The predicted molar refractivity (Wildman–Crippen MR) is 75.2 cm³/mol. The van der Waals surface area contributed by atoms with Crippen LogP contribution in [0.5, 0.6) is 0 Å². The van der Waals surface area contributed by atoms with Crippen LogP contribution in [0, 0.1) is 0 Å². The average Bonchev–Trinajstić information content (AvgIpc) is 2.34. The summed E-state index contributed by atoms with van der Waals surface area (Å²) in [5.41, 5.74) is 1.28. The highest BCUT2D eigenvalue weighted by molar-refractivity contribution is 9.10. The maximum absolute atomic E-state index is 3.72. The Hall–Kier alpha value is -1.02. The Morgan fingerprint density at radius 1 is 1.00 bits per heavy atom. The SMILES string of the molecule is CCN(CC)c1ccc2ccccc2c1Br. The van der Waals surface area contributed by atoms with Crippen LogP contribution in [0.1, 0.15) is 13.8 Å². The molecule has 0 aliphatic heterocycles. The lowest BCUT2D eigenvalue weighted by atomic mass is 10.1. The number of rotatable bonds is 3. The minimum atomic E-state index is 1.04. The lowest BCUT2D eigenvalue weighted by Crippen LogP contribution is -2.22. The van der Waals surface area contributed by atoms with E-state index in [1.165, 1.54) is 20.9 Å². The van der Waals surface area contributed by atoms with E-state index in [9.17, 15) is 0 Å². The molecule has 0 fully saturated rings. The molecular formula is C14H16BrN. The second-order valence-electron chi connectivity index (χ2n) is 3.79. The molecule has 2 aromatic rings. The van der Waals surface area contributed by atoms with E-state index in [4.69, 9.17) is 0 Å². The summed E-state index contributed by atoms with van der Waals surface area (Å²) < 4.78 is 1.20. The molecule has 2 heteroatoms. The summed E-state index contributed by atoms with van der Waals surface area (Å²) in [5.74, 6) is 0. The fraction of sp³-hybridized carbons (Fsp3) is 0.286. The molecule has 0 aliphatic rings. The normalized spacial score (nSPS) is 10.7. The highest BCUT2D eigenvalue weighted by atomic mass is 79.9. The molecule has 0 saturated heterocycles. The number of anilines is 1. The Morgan fingerprint density at radius 2 is 1.69 bits per heavy atom. The molecule has 0 unspecified atom stereocenters. The number of benzene rings is 2. The van der Waals surface area contributed by atoms with Crippen LogP contribution in [-0.2, 0) is 0 Å². The van der Waals surface area contributed by atoms with Gasteiger partial charge in [0.15, 0.2) is 0 Å².